The number of carbonyl (C=O) groups is 1. The van der Waals surface area contributed by atoms with Gasteiger partial charge in [0, 0.05) is 26.0 Å². The van der Waals surface area contributed by atoms with E-state index in [0.717, 1.165) is 31.7 Å². The fourth-order valence-electron chi connectivity index (χ4n) is 3.59. The average Bonchev–Trinajstić information content (AvgIpc) is 3.14. The molecule has 2 aromatic heterocycles. The van der Waals surface area contributed by atoms with Crippen LogP contribution >= 0.6 is 11.6 Å². The number of nitrogens with one attached hydrogen (secondary N) is 2. The second kappa shape index (κ2) is 8.73. The van der Waals surface area contributed by atoms with Crippen molar-refractivity contribution in [2.45, 2.75) is 32.6 Å². The Labute approximate surface area is 159 Å². The molecule has 7 heteroatoms. The predicted octanol–water partition coefficient (Wildman–Crippen LogP) is 3.27. The highest BCUT2D eigenvalue weighted by Crippen LogP contribution is 2.26. The van der Waals surface area contributed by atoms with Crippen LogP contribution in [0.2, 0.25) is 5.02 Å². The smallest absolute Gasteiger partial charge is 0.255 e. The Balaban J connectivity index is 1.60. The number of carbonyl (C=O) groups excluding carboxylic acids is 1. The maximum atomic E-state index is 12.7. The van der Waals surface area contributed by atoms with Crippen LogP contribution in [-0.2, 0) is 0 Å². The lowest BCUT2D eigenvalue weighted by molar-refractivity contribution is 0.0937. The first kappa shape index (κ1) is 19.0. The number of unbranched alkanes of at least 4 members (excludes halogenated alkanes) is 1. The quantitative estimate of drug-likeness (QED) is 0.777. The molecule has 0 radical (unpaired) electrons. The van der Waals surface area contributed by atoms with Gasteiger partial charge in [-0.3, -0.25) is 9.20 Å². The van der Waals surface area contributed by atoms with Crippen LogP contribution in [0.15, 0.2) is 18.5 Å². The molecule has 1 amide bonds. The number of anilines is 1. The van der Waals surface area contributed by atoms with Gasteiger partial charge >= 0.3 is 0 Å². The largest absolute Gasteiger partial charge is 0.373 e. The summed E-state index contributed by atoms with van der Waals surface area (Å²) in [5.74, 6) is 1.16. The van der Waals surface area contributed by atoms with Gasteiger partial charge in [0.2, 0.25) is 0 Å². The second-order valence-corrected chi connectivity index (χ2v) is 7.38. The van der Waals surface area contributed by atoms with Gasteiger partial charge in [-0.15, -0.1) is 0 Å². The van der Waals surface area contributed by atoms with E-state index in [0.29, 0.717) is 28.7 Å². The van der Waals surface area contributed by atoms with Gasteiger partial charge in [0.1, 0.15) is 5.82 Å². The van der Waals surface area contributed by atoms with E-state index in [4.69, 9.17) is 11.6 Å². The van der Waals surface area contributed by atoms with Crippen LogP contribution in [0, 0.1) is 5.92 Å². The van der Waals surface area contributed by atoms with Crippen LogP contribution in [0.25, 0.3) is 5.65 Å². The van der Waals surface area contributed by atoms with Gasteiger partial charge in [0.05, 0.1) is 10.6 Å². The third kappa shape index (κ3) is 4.13. The summed E-state index contributed by atoms with van der Waals surface area (Å²) in [5, 5.41) is 6.64. The Kier molecular flexibility index (Phi) is 6.38. The number of hydrogen-bond acceptors (Lipinski definition) is 4. The number of aromatic nitrogens is 2. The van der Waals surface area contributed by atoms with Crippen LogP contribution in [0.5, 0.6) is 0 Å². The molecule has 2 N–H and O–H groups in total. The van der Waals surface area contributed by atoms with Crippen molar-refractivity contribution in [3.63, 3.8) is 0 Å². The Morgan fingerprint density at radius 3 is 2.85 bits per heavy atom. The summed E-state index contributed by atoms with van der Waals surface area (Å²) >= 11 is 6.32. The minimum Gasteiger partial charge on any atom is -0.373 e. The molecule has 0 aromatic carbocycles. The standard InChI is InChI=1S/C19H28ClN5O/c1-3-4-8-24-9-5-14(6-10-24)13-23-19(26)15-12-16(20)18(21-2)25-11-7-22-17(15)25/h7,11-12,14,21H,3-6,8-10,13H2,1-2H3,(H,23,26). The van der Waals surface area contributed by atoms with Gasteiger partial charge in [0.25, 0.3) is 5.91 Å². The first-order valence-electron chi connectivity index (χ1n) is 9.48. The molecule has 3 heterocycles. The number of piperidine rings is 1. The monoisotopic (exact) mass is 377 g/mol. The molecule has 26 heavy (non-hydrogen) atoms. The predicted molar refractivity (Wildman–Crippen MR) is 106 cm³/mol. The van der Waals surface area contributed by atoms with E-state index in [-0.39, 0.29) is 5.91 Å². The van der Waals surface area contributed by atoms with E-state index in [9.17, 15) is 4.79 Å². The number of rotatable bonds is 7. The van der Waals surface area contributed by atoms with Crippen LogP contribution in [-0.4, -0.2) is 53.4 Å². The molecule has 0 atom stereocenters. The van der Waals surface area contributed by atoms with Crippen molar-refractivity contribution >= 4 is 29.0 Å². The van der Waals surface area contributed by atoms with Crippen molar-refractivity contribution in [3.8, 4) is 0 Å². The third-order valence-electron chi connectivity index (χ3n) is 5.19. The highest BCUT2D eigenvalue weighted by Gasteiger charge is 2.21. The number of fused-ring (bicyclic) bond motifs is 1. The molecule has 0 saturated carbocycles. The van der Waals surface area contributed by atoms with E-state index >= 15 is 0 Å². The van der Waals surface area contributed by atoms with Gasteiger partial charge in [-0.05, 0) is 50.9 Å². The normalized spacial score (nSPS) is 16.1. The number of imidazole rings is 1. The summed E-state index contributed by atoms with van der Waals surface area (Å²) in [6.07, 6.45) is 8.27. The van der Waals surface area contributed by atoms with Crippen LogP contribution in [0.1, 0.15) is 43.0 Å². The van der Waals surface area contributed by atoms with Crippen molar-refractivity contribution in [1.82, 2.24) is 19.6 Å². The molecule has 1 aliphatic rings. The lowest BCUT2D eigenvalue weighted by Gasteiger charge is -2.31. The number of halogens is 1. The summed E-state index contributed by atoms with van der Waals surface area (Å²) < 4.78 is 1.81. The van der Waals surface area contributed by atoms with Crippen molar-refractivity contribution in [2.75, 3.05) is 38.5 Å². The van der Waals surface area contributed by atoms with Crippen LogP contribution in [0.4, 0.5) is 5.82 Å². The third-order valence-corrected chi connectivity index (χ3v) is 5.48. The number of hydrogen-bond donors (Lipinski definition) is 2. The van der Waals surface area contributed by atoms with Crippen LogP contribution < -0.4 is 10.6 Å². The Morgan fingerprint density at radius 2 is 2.15 bits per heavy atom. The first-order valence-corrected chi connectivity index (χ1v) is 9.85. The average molecular weight is 378 g/mol. The number of likely N-dealkylation sites (tertiary alicyclic amines) is 1. The molecule has 1 aliphatic heterocycles. The molecule has 6 nitrogen and oxygen atoms in total. The number of amides is 1. The van der Waals surface area contributed by atoms with Crippen molar-refractivity contribution in [1.29, 1.82) is 0 Å². The van der Waals surface area contributed by atoms with Crippen molar-refractivity contribution in [3.05, 3.63) is 29.0 Å². The van der Waals surface area contributed by atoms with E-state index < -0.39 is 0 Å². The topological polar surface area (TPSA) is 61.7 Å². The summed E-state index contributed by atoms with van der Waals surface area (Å²) in [6, 6.07) is 1.69. The molecule has 0 unspecified atom stereocenters. The molecule has 1 saturated heterocycles. The molecular formula is C19H28ClN5O. The molecular weight excluding hydrogens is 350 g/mol. The fraction of sp³-hybridized carbons (Fsp3) is 0.579. The van der Waals surface area contributed by atoms with Crippen molar-refractivity contribution < 1.29 is 4.79 Å². The second-order valence-electron chi connectivity index (χ2n) is 6.97. The van der Waals surface area contributed by atoms with E-state index in [1.165, 1.54) is 19.4 Å². The zero-order valence-corrected chi connectivity index (χ0v) is 16.4. The van der Waals surface area contributed by atoms with Crippen molar-refractivity contribution in [2.24, 2.45) is 5.92 Å². The van der Waals surface area contributed by atoms with Gasteiger partial charge in [0.15, 0.2) is 5.65 Å². The zero-order valence-electron chi connectivity index (χ0n) is 15.6. The Morgan fingerprint density at radius 1 is 1.38 bits per heavy atom. The van der Waals surface area contributed by atoms with E-state index in [1.807, 2.05) is 4.40 Å². The number of nitrogens with zero attached hydrogens (tertiary/aromatic N) is 3. The summed E-state index contributed by atoms with van der Waals surface area (Å²) in [4.78, 5) is 19.6. The van der Waals surface area contributed by atoms with Crippen LogP contribution in [0.3, 0.4) is 0 Å². The van der Waals surface area contributed by atoms with Gasteiger partial charge < -0.3 is 15.5 Å². The molecule has 0 bridgehead atoms. The molecule has 0 aliphatic carbocycles. The molecule has 2 aromatic rings. The lowest BCUT2D eigenvalue weighted by Crippen LogP contribution is -2.39. The minimum absolute atomic E-state index is 0.112. The number of pyridine rings is 1. The van der Waals surface area contributed by atoms with E-state index in [2.05, 4.69) is 27.4 Å². The zero-order chi connectivity index (χ0) is 18.5. The fourth-order valence-corrected chi connectivity index (χ4v) is 3.89. The highest BCUT2D eigenvalue weighted by atomic mass is 35.5. The minimum atomic E-state index is -0.112. The SMILES string of the molecule is CCCCN1CCC(CNC(=O)c2cc(Cl)c(NC)n3ccnc23)CC1. The maximum Gasteiger partial charge on any atom is 0.255 e. The summed E-state index contributed by atoms with van der Waals surface area (Å²) in [5.41, 5.74) is 1.13. The first-order chi connectivity index (χ1) is 12.6. The Bertz CT molecular complexity index is 752. The van der Waals surface area contributed by atoms with Gasteiger partial charge in [-0.2, -0.15) is 0 Å². The highest BCUT2D eigenvalue weighted by molar-refractivity contribution is 6.33. The molecule has 142 valence electrons. The van der Waals surface area contributed by atoms with Gasteiger partial charge in [-0.1, -0.05) is 24.9 Å². The molecule has 3 rings (SSSR count). The maximum absolute atomic E-state index is 12.7. The molecule has 0 spiro atoms. The van der Waals surface area contributed by atoms with Gasteiger partial charge in [-0.25, -0.2) is 4.98 Å². The van der Waals surface area contributed by atoms with E-state index in [1.54, 1.807) is 25.5 Å². The lowest BCUT2D eigenvalue weighted by atomic mass is 9.96. The summed E-state index contributed by atoms with van der Waals surface area (Å²) in [7, 11) is 1.80. The summed E-state index contributed by atoms with van der Waals surface area (Å²) in [6.45, 7) is 6.40. The molecule has 1 fully saturated rings. The Hall–Kier alpha value is -1.79.